The fourth-order valence-electron chi connectivity index (χ4n) is 4.73. The highest BCUT2D eigenvalue weighted by atomic mass is 16.2. The number of piperazine rings is 1. The molecule has 1 aromatic carbocycles. The maximum Gasteiger partial charge on any atom is 0.239 e. The van der Waals surface area contributed by atoms with Gasteiger partial charge in [-0.15, -0.1) is 0 Å². The largest absolute Gasteiger partial charge is 0.339 e. The second kappa shape index (κ2) is 10.9. The minimum Gasteiger partial charge on any atom is -0.339 e. The summed E-state index contributed by atoms with van der Waals surface area (Å²) in [6, 6.07) is 8.20. The third-order valence-corrected chi connectivity index (χ3v) is 6.65. The summed E-state index contributed by atoms with van der Waals surface area (Å²) in [5.74, 6) is 0.292. The van der Waals surface area contributed by atoms with E-state index in [1.54, 1.807) is 0 Å². The van der Waals surface area contributed by atoms with Crippen molar-refractivity contribution in [3.05, 3.63) is 29.8 Å². The number of hydrogen-bond acceptors (Lipinski definition) is 4. The normalized spacial score (nSPS) is 20.0. The summed E-state index contributed by atoms with van der Waals surface area (Å²) in [5, 5.41) is 2.97. The van der Waals surface area contributed by atoms with Gasteiger partial charge in [-0.05, 0) is 45.7 Å². The number of hydrogen-bond donors (Lipinski definition) is 1. The molecule has 1 saturated heterocycles. The molecule has 30 heavy (non-hydrogen) atoms. The molecule has 0 spiro atoms. The van der Waals surface area contributed by atoms with Crippen LogP contribution in [0.5, 0.6) is 0 Å². The van der Waals surface area contributed by atoms with Crippen molar-refractivity contribution < 1.29 is 9.59 Å². The second-order valence-electron chi connectivity index (χ2n) is 8.82. The van der Waals surface area contributed by atoms with E-state index in [2.05, 4.69) is 26.9 Å². The van der Waals surface area contributed by atoms with E-state index < -0.39 is 0 Å². The molecule has 2 aliphatic rings. The van der Waals surface area contributed by atoms with Crippen molar-refractivity contribution in [1.82, 2.24) is 14.7 Å². The first-order valence-corrected chi connectivity index (χ1v) is 11.6. The average Bonchev–Trinajstić information content (AvgIpc) is 2.76. The highest BCUT2D eigenvalue weighted by molar-refractivity contribution is 5.92. The standard InChI is InChI=1S/C24H38N4O2/c1-4-28(22-8-6-5-7-9-22)24(30)20(3)27-16-14-26(15-17-27)18-23(29)25-21-12-10-19(2)11-13-21/h10-13,20,22H,4-9,14-18H2,1-3H3,(H,25,29)/t20-/m1/s1. The van der Waals surface area contributed by atoms with E-state index in [9.17, 15) is 9.59 Å². The zero-order valence-corrected chi connectivity index (χ0v) is 18.9. The summed E-state index contributed by atoms with van der Waals surface area (Å²) >= 11 is 0. The number of nitrogens with zero attached hydrogens (tertiary/aromatic N) is 3. The smallest absolute Gasteiger partial charge is 0.239 e. The molecule has 1 N–H and O–H groups in total. The lowest BCUT2D eigenvalue weighted by atomic mass is 9.93. The zero-order chi connectivity index (χ0) is 21.5. The van der Waals surface area contributed by atoms with Crippen LogP contribution in [-0.2, 0) is 9.59 Å². The van der Waals surface area contributed by atoms with Gasteiger partial charge in [-0.25, -0.2) is 0 Å². The first-order valence-electron chi connectivity index (χ1n) is 11.6. The van der Waals surface area contributed by atoms with Crippen molar-refractivity contribution in [3.63, 3.8) is 0 Å². The summed E-state index contributed by atoms with van der Waals surface area (Å²) in [4.78, 5) is 32.1. The summed E-state index contributed by atoms with van der Waals surface area (Å²) in [6.07, 6.45) is 6.09. The predicted molar refractivity (Wildman–Crippen MR) is 122 cm³/mol. The third-order valence-electron chi connectivity index (χ3n) is 6.65. The molecule has 0 radical (unpaired) electrons. The van der Waals surface area contributed by atoms with Crippen LogP contribution in [0.15, 0.2) is 24.3 Å². The van der Waals surface area contributed by atoms with Gasteiger partial charge in [0, 0.05) is 44.5 Å². The Morgan fingerprint density at radius 3 is 2.30 bits per heavy atom. The Hall–Kier alpha value is -1.92. The molecule has 1 saturated carbocycles. The highest BCUT2D eigenvalue weighted by Gasteiger charge is 2.32. The van der Waals surface area contributed by atoms with Crippen molar-refractivity contribution in [3.8, 4) is 0 Å². The summed E-state index contributed by atoms with van der Waals surface area (Å²) in [5.41, 5.74) is 2.02. The van der Waals surface area contributed by atoms with Crippen LogP contribution < -0.4 is 5.32 Å². The van der Waals surface area contributed by atoms with Gasteiger partial charge < -0.3 is 10.2 Å². The van der Waals surface area contributed by atoms with Crippen LogP contribution in [-0.4, -0.2) is 77.9 Å². The van der Waals surface area contributed by atoms with Crippen LogP contribution in [0.25, 0.3) is 0 Å². The van der Waals surface area contributed by atoms with Crippen LogP contribution in [0, 0.1) is 6.92 Å². The first-order chi connectivity index (χ1) is 14.5. The number of anilines is 1. The van der Waals surface area contributed by atoms with Gasteiger partial charge in [-0.1, -0.05) is 37.0 Å². The van der Waals surface area contributed by atoms with Gasteiger partial charge >= 0.3 is 0 Å². The van der Waals surface area contributed by atoms with E-state index in [-0.39, 0.29) is 17.9 Å². The molecule has 2 fully saturated rings. The van der Waals surface area contributed by atoms with Gasteiger partial charge in [0.15, 0.2) is 0 Å². The van der Waals surface area contributed by atoms with Crippen molar-refractivity contribution in [2.24, 2.45) is 0 Å². The van der Waals surface area contributed by atoms with Gasteiger partial charge in [0.2, 0.25) is 11.8 Å². The van der Waals surface area contributed by atoms with Gasteiger partial charge in [0.25, 0.3) is 0 Å². The lowest BCUT2D eigenvalue weighted by molar-refractivity contribution is -0.140. The predicted octanol–water partition coefficient (Wildman–Crippen LogP) is 3.12. The van der Waals surface area contributed by atoms with Gasteiger partial charge in [0.05, 0.1) is 12.6 Å². The quantitative estimate of drug-likeness (QED) is 0.745. The minimum absolute atomic E-state index is 0.0193. The summed E-state index contributed by atoms with van der Waals surface area (Å²) in [7, 11) is 0. The van der Waals surface area contributed by atoms with Crippen LogP contribution in [0.1, 0.15) is 51.5 Å². The van der Waals surface area contributed by atoms with Crippen molar-refractivity contribution in [1.29, 1.82) is 0 Å². The number of carbonyl (C=O) groups is 2. The second-order valence-corrected chi connectivity index (χ2v) is 8.82. The fourth-order valence-corrected chi connectivity index (χ4v) is 4.73. The third kappa shape index (κ3) is 6.05. The van der Waals surface area contributed by atoms with E-state index in [1.807, 2.05) is 38.1 Å². The molecule has 1 aromatic rings. The van der Waals surface area contributed by atoms with Crippen LogP contribution in [0.3, 0.4) is 0 Å². The first kappa shape index (κ1) is 22.8. The number of rotatable bonds is 7. The van der Waals surface area contributed by atoms with Crippen molar-refractivity contribution in [2.75, 3.05) is 44.6 Å². The van der Waals surface area contributed by atoms with Gasteiger partial charge in [-0.3, -0.25) is 19.4 Å². The topological polar surface area (TPSA) is 55.9 Å². The molecule has 1 aliphatic carbocycles. The maximum absolute atomic E-state index is 13.2. The molecule has 1 heterocycles. The molecular formula is C24H38N4O2. The van der Waals surface area contributed by atoms with Crippen LogP contribution in [0.4, 0.5) is 5.69 Å². The molecule has 1 atom stereocenters. The number of amides is 2. The Morgan fingerprint density at radius 2 is 1.70 bits per heavy atom. The summed E-state index contributed by atoms with van der Waals surface area (Å²) < 4.78 is 0. The lowest BCUT2D eigenvalue weighted by Gasteiger charge is -2.41. The lowest BCUT2D eigenvalue weighted by Crippen LogP contribution is -2.56. The molecule has 0 bridgehead atoms. The molecule has 3 rings (SSSR count). The molecule has 166 valence electrons. The molecule has 0 aromatic heterocycles. The van der Waals surface area contributed by atoms with Gasteiger partial charge in [0.1, 0.15) is 0 Å². The molecular weight excluding hydrogens is 376 g/mol. The molecule has 1 aliphatic heterocycles. The highest BCUT2D eigenvalue weighted by Crippen LogP contribution is 2.24. The Bertz CT molecular complexity index is 692. The number of likely N-dealkylation sites (N-methyl/N-ethyl adjacent to an activating group) is 1. The van der Waals surface area contributed by atoms with E-state index in [0.29, 0.717) is 12.6 Å². The Kier molecular flexibility index (Phi) is 8.28. The number of nitrogens with one attached hydrogen (secondary N) is 1. The molecule has 2 amide bonds. The van der Waals surface area contributed by atoms with Crippen LogP contribution in [0.2, 0.25) is 0 Å². The minimum atomic E-state index is -0.0876. The zero-order valence-electron chi connectivity index (χ0n) is 18.9. The SMILES string of the molecule is CCN(C(=O)[C@@H](C)N1CCN(CC(=O)Nc2ccc(C)cc2)CC1)C1CCCCC1. The Labute approximate surface area is 181 Å². The fraction of sp³-hybridized carbons (Fsp3) is 0.667. The molecule has 6 nitrogen and oxygen atoms in total. The number of aryl methyl sites for hydroxylation is 1. The average molecular weight is 415 g/mol. The monoisotopic (exact) mass is 414 g/mol. The van der Waals surface area contributed by atoms with E-state index >= 15 is 0 Å². The Balaban J connectivity index is 1.45. The van der Waals surface area contributed by atoms with Gasteiger partial charge in [-0.2, -0.15) is 0 Å². The van der Waals surface area contributed by atoms with E-state index in [1.165, 1.54) is 24.8 Å². The summed E-state index contributed by atoms with van der Waals surface area (Å²) in [6.45, 7) is 10.7. The Morgan fingerprint density at radius 1 is 1.07 bits per heavy atom. The number of benzene rings is 1. The molecule has 0 unspecified atom stereocenters. The number of carbonyl (C=O) groups excluding carboxylic acids is 2. The molecule has 6 heteroatoms. The van der Waals surface area contributed by atoms with E-state index in [0.717, 1.165) is 51.3 Å². The van der Waals surface area contributed by atoms with Crippen molar-refractivity contribution in [2.45, 2.75) is 65.0 Å². The van der Waals surface area contributed by atoms with E-state index in [4.69, 9.17) is 0 Å². The van der Waals surface area contributed by atoms with Crippen LogP contribution >= 0.6 is 0 Å². The van der Waals surface area contributed by atoms with Crippen molar-refractivity contribution >= 4 is 17.5 Å². The maximum atomic E-state index is 13.2.